The maximum absolute atomic E-state index is 12.3. The summed E-state index contributed by atoms with van der Waals surface area (Å²) < 4.78 is 0. The Bertz CT molecular complexity index is 869. The molecule has 3 aromatic rings. The van der Waals surface area contributed by atoms with E-state index in [0.717, 1.165) is 11.4 Å². The molecule has 0 aliphatic carbocycles. The molecule has 0 saturated heterocycles. The van der Waals surface area contributed by atoms with Crippen LogP contribution >= 0.6 is 23.2 Å². The van der Waals surface area contributed by atoms with Crippen molar-refractivity contribution in [3.8, 4) is 0 Å². The molecule has 1 amide bonds. The zero-order valence-corrected chi connectivity index (χ0v) is 14.0. The number of carbonyl (C=O) groups excluding carboxylic acids is 1. The first-order valence-corrected chi connectivity index (χ1v) is 7.91. The monoisotopic (exact) mass is 357 g/mol. The van der Waals surface area contributed by atoms with Crippen molar-refractivity contribution in [1.82, 2.24) is 4.98 Å². The zero-order valence-electron chi connectivity index (χ0n) is 12.5. The summed E-state index contributed by atoms with van der Waals surface area (Å²) in [5.41, 5.74) is 2.61. The Labute approximate surface area is 149 Å². The van der Waals surface area contributed by atoms with Gasteiger partial charge < -0.3 is 10.6 Å². The largest absolute Gasteiger partial charge is 0.354 e. The van der Waals surface area contributed by atoms with Gasteiger partial charge >= 0.3 is 0 Å². The van der Waals surface area contributed by atoms with Gasteiger partial charge in [0.1, 0.15) is 0 Å². The van der Waals surface area contributed by atoms with Gasteiger partial charge in [-0.1, -0.05) is 41.4 Å². The van der Waals surface area contributed by atoms with Gasteiger partial charge in [-0.2, -0.15) is 0 Å². The molecule has 0 atom stereocenters. The van der Waals surface area contributed by atoms with Crippen molar-refractivity contribution in [3.63, 3.8) is 0 Å². The van der Waals surface area contributed by atoms with Crippen LogP contribution in [0.2, 0.25) is 10.0 Å². The summed E-state index contributed by atoms with van der Waals surface area (Å²) >= 11 is 11.9. The van der Waals surface area contributed by atoms with Crippen LogP contribution in [-0.4, -0.2) is 10.9 Å². The molecule has 0 unspecified atom stereocenters. The Balaban J connectivity index is 1.76. The van der Waals surface area contributed by atoms with Crippen molar-refractivity contribution < 1.29 is 4.79 Å². The van der Waals surface area contributed by atoms with Crippen molar-refractivity contribution >= 4 is 46.2 Å². The van der Waals surface area contributed by atoms with Gasteiger partial charge in [0.2, 0.25) is 0 Å². The number of aromatic nitrogens is 1. The summed E-state index contributed by atoms with van der Waals surface area (Å²) in [7, 11) is 0. The highest BCUT2D eigenvalue weighted by Gasteiger charge is 2.08. The van der Waals surface area contributed by atoms with Gasteiger partial charge in [0.05, 0.1) is 27.5 Å². The number of hydrogen-bond donors (Lipinski definition) is 2. The summed E-state index contributed by atoms with van der Waals surface area (Å²) in [6.45, 7) is 0. The molecule has 0 spiro atoms. The predicted octanol–water partition coefficient (Wildman–Crippen LogP) is 5.38. The number of pyridine rings is 1. The van der Waals surface area contributed by atoms with E-state index in [1.54, 1.807) is 30.5 Å². The number of para-hydroxylation sites is 1. The molecule has 1 heterocycles. The normalized spacial score (nSPS) is 10.2. The minimum absolute atomic E-state index is 0.230. The summed E-state index contributed by atoms with van der Waals surface area (Å²) in [6, 6.07) is 16.2. The molecule has 6 heteroatoms. The van der Waals surface area contributed by atoms with Crippen LogP contribution < -0.4 is 10.6 Å². The molecule has 0 bridgehead atoms. The van der Waals surface area contributed by atoms with Crippen LogP contribution in [0.3, 0.4) is 0 Å². The quantitative estimate of drug-likeness (QED) is 0.658. The highest BCUT2D eigenvalue weighted by molar-refractivity contribution is 6.42. The fourth-order valence-corrected chi connectivity index (χ4v) is 2.40. The minimum atomic E-state index is -0.230. The van der Waals surface area contributed by atoms with Gasteiger partial charge in [-0.15, -0.1) is 0 Å². The van der Waals surface area contributed by atoms with E-state index < -0.39 is 0 Å². The van der Waals surface area contributed by atoms with Crippen LogP contribution in [-0.2, 0) is 0 Å². The van der Waals surface area contributed by atoms with E-state index in [9.17, 15) is 4.79 Å². The second-order valence-electron chi connectivity index (χ2n) is 5.04. The Morgan fingerprint density at radius 2 is 1.62 bits per heavy atom. The molecular weight excluding hydrogens is 345 g/mol. The van der Waals surface area contributed by atoms with E-state index >= 15 is 0 Å². The summed E-state index contributed by atoms with van der Waals surface area (Å²) in [5, 5.41) is 6.90. The van der Waals surface area contributed by atoms with E-state index in [1.807, 2.05) is 30.3 Å². The number of amides is 1. The molecule has 4 nitrogen and oxygen atoms in total. The van der Waals surface area contributed by atoms with Crippen molar-refractivity contribution in [2.75, 3.05) is 10.6 Å². The molecule has 0 aliphatic heterocycles. The number of rotatable bonds is 4. The molecule has 0 aliphatic rings. The average molecular weight is 358 g/mol. The van der Waals surface area contributed by atoms with Crippen molar-refractivity contribution in [3.05, 3.63) is 82.6 Å². The number of benzene rings is 2. The predicted molar refractivity (Wildman–Crippen MR) is 98.4 cm³/mol. The molecule has 3 rings (SSSR count). The van der Waals surface area contributed by atoms with Gasteiger partial charge in [-0.25, -0.2) is 0 Å². The second kappa shape index (κ2) is 7.34. The summed E-state index contributed by atoms with van der Waals surface area (Å²) in [6.07, 6.45) is 3.14. The number of nitrogens with one attached hydrogen (secondary N) is 2. The lowest BCUT2D eigenvalue weighted by molar-refractivity contribution is 0.102. The molecule has 24 heavy (non-hydrogen) atoms. The van der Waals surface area contributed by atoms with Crippen LogP contribution in [0.4, 0.5) is 17.1 Å². The van der Waals surface area contributed by atoms with Gasteiger partial charge in [0.15, 0.2) is 0 Å². The fraction of sp³-hybridized carbons (Fsp3) is 0. The standard InChI is InChI=1S/C18H13Cl2N3O/c19-16-7-6-14(9-17(16)20)22-15-8-12(10-21-11-15)18(24)23-13-4-2-1-3-5-13/h1-11,22H,(H,23,24). The van der Waals surface area contributed by atoms with Crippen LogP contribution in [0.15, 0.2) is 67.0 Å². The number of nitrogens with zero attached hydrogens (tertiary/aromatic N) is 1. The van der Waals surface area contributed by atoms with Crippen molar-refractivity contribution in [2.45, 2.75) is 0 Å². The molecule has 0 saturated carbocycles. The average Bonchev–Trinajstić information content (AvgIpc) is 2.59. The SMILES string of the molecule is O=C(Nc1ccccc1)c1cncc(Nc2ccc(Cl)c(Cl)c2)c1. The van der Waals surface area contributed by atoms with E-state index in [1.165, 1.54) is 6.20 Å². The molecule has 2 aromatic carbocycles. The Morgan fingerprint density at radius 1 is 0.833 bits per heavy atom. The lowest BCUT2D eigenvalue weighted by Crippen LogP contribution is -2.12. The third-order valence-electron chi connectivity index (χ3n) is 3.24. The topological polar surface area (TPSA) is 54.0 Å². The molecule has 2 N–H and O–H groups in total. The Hall–Kier alpha value is -2.56. The first-order chi connectivity index (χ1) is 11.6. The van der Waals surface area contributed by atoms with Crippen LogP contribution in [0.5, 0.6) is 0 Å². The maximum atomic E-state index is 12.3. The highest BCUT2D eigenvalue weighted by Crippen LogP contribution is 2.27. The fourth-order valence-electron chi connectivity index (χ4n) is 2.10. The zero-order chi connectivity index (χ0) is 16.9. The van der Waals surface area contributed by atoms with Crippen molar-refractivity contribution in [1.29, 1.82) is 0 Å². The third kappa shape index (κ3) is 4.04. The maximum Gasteiger partial charge on any atom is 0.257 e. The van der Waals surface area contributed by atoms with E-state index in [-0.39, 0.29) is 5.91 Å². The second-order valence-corrected chi connectivity index (χ2v) is 5.85. The molecule has 1 aromatic heterocycles. The van der Waals surface area contributed by atoms with Crippen LogP contribution in [0.1, 0.15) is 10.4 Å². The number of halogens is 2. The first kappa shape index (κ1) is 16.3. The van der Waals surface area contributed by atoms with Crippen LogP contribution in [0, 0.1) is 0 Å². The molecule has 0 radical (unpaired) electrons. The van der Waals surface area contributed by atoms with Crippen molar-refractivity contribution in [2.24, 2.45) is 0 Å². The van der Waals surface area contributed by atoms with Gasteiger partial charge in [0.25, 0.3) is 5.91 Å². The smallest absolute Gasteiger partial charge is 0.257 e. The summed E-state index contributed by atoms with van der Waals surface area (Å²) in [5.74, 6) is -0.230. The number of anilines is 3. The lowest BCUT2D eigenvalue weighted by atomic mass is 10.2. The van der Waals surface area contributed by atoms with E-state index in [0.29, 0.717) is 21.3 Å². The lowest BCUT2D eigenvalue weighted by Gasteiger charge is -2.09. The van der Waals surface area contributed by atoms with Gasteiger partial charge in [0, 0.05) is 17.6 Å². The molecular formula is C18H13Cl2N3O. The minimum Gasteiger partial charge on any atom is -0.354 e. The third-order valence-corrected chi connectivity index (χ3v) is 3.98. The van der Waals surface area contributed by atoms with Crippen LogP contribution in [0.25, 0.3) is 0 Å². The Morgan fingerprint density at radius 3 is 2.38 bits per heavy atom. The van der Waals surface area contributed by atoms with E-state index in [4.69, 9.17) is 23.2 Å². The van der Waals surface area contributed by atoms with Gasteiger partial charge in [-0.3, -0.25) is 9.78 Å². The first-order valence-electron chi connectivity index (χ1n) is 7.15. The number of carbonyl (C=O) groups is 1. The number of hydrogen-bond acceptors (Lipinski definition) is 3. The summed E-state index contributed by atoms with van der Waals surface area (Å²) in [4.78, 5) is 16.4. The highest BCUT2D eigenvalue weighted by atomic mass is 35.5. The van der Waals surface area contributed by atoms with E-state index in [2.05, 4.69) is 15.6 Å². The molecule has 0 fully saturated rings. The van der Waals surface area contributed by atoms with Gasteiger partial charge in [-0.05, 0) is 36.4 Å². The Kier molecular flexibility index (Phi) is 4.99. The molecule has 120 valence electrons.